The molecule has 134 valence electrons. The van der Waals surface area contributed by atoms with Gasteiger partial charge in [-0.1, -0.05) is 0 Å². The van der Waals surface area contributed by atoms with E-state index in [0.29, 0.717) is 13.2 Å². The molecular weight excluding hydrogens is 312 g/mol. The van der Waals surface area contributed by atoms with Gasteiger partial charge in [-0.15, -0.1) is 0 Å². The molecule has 2 N–H and O–H groups in total. The second-order valence-electron chi connectivity index (χ2n) is 5.99. The molecule has 1 amide bonds. The Hall–Kier alpha value is -1.93. The maximum absolute atomic E-state index is 12.5. The van der Waals surface area contributed by atoms with Gasteiger partial charge in [0.1, 0.15) is 6.04 Å². The van der Waals surface area contributed by atoms with Crippen molar-refractivity contribution in [3.05, 3.63) is 18.0 Å². The van der Waals surface area contributed by atoms with Crippen LogP contribution in [0, 0.1) is 11.8 Å². The van der Waals surface area contributed by atoms with Crippen molar-refractivity contribution in [2.24, 2.45) is 18.9 Å². The maximum Gasteiger partial charge on any atom is 0.310 e. The van der Waals surface area contributed by atoms with Crippen molar-refractivity contribution >= 4 is 11.9 Å². The number of rotatable bonds is 7. The van der Waals surface area contributed by atoms with Crippen LogP contribution in [0.3, 0.4) is 0 Å². The Kier molecular flexibility index (Phi) is 6.74. The Balaban J connectivity index is 1.98. The van der Waals surface area contributed by atoms with Gasteiger partial charge in [0.25, 0.3) is 0 Å². The molecule has 1 aromatic heterocycles. The first-order valence-corrected chi connectivity index (χ1v) is 8.16. The fraction of sp³-hybridized carbons (Fsp3) is 0.688. The Morgan fingerprint density at radius 3 is 2.71 bits per heavy atom. The van der Waals surface area contributed by atoms with E-state index in [1.54, 1.807) is 31.2 Å². The van der Waals surface area contributed by atoms with Crippen LogP contribution >= 0.6 is 0 Å². The molecular formula is C16H26N4O4. The van der Waals surface area contributed by atoms with Gasteiger partial charge in [0.05, 0.1) is 19.2 Å². The first-order valence-electron chi connectivity index (χ1n) is 8.16. The first-order chi connectivity index (χ1) is 11.6. The number of nitrogens with zero attached hydrogens (tertiary/aromatic N) is 2. The molecule has 0 aliphatic carbocycles. The largest absolute Gasteiger partial charge is 0.469 e. The van der Waals surface area contributed by atoms with Gasteiger partial charge in [0.15, 0.2) is 0 Å². The molecule has 0 saturated carbocycles. The van der Waals surface area contributed by atoms with Crippen molar-refractivity contribution in [3.63, 3.8) is 0 Å². The number of amides is 1. The summed E-state index contributed by atoms with van der Waals surface area (Å²) >= 11 is 0. The van der Waals surface area contributed by atoms with E-state index in [-0.39, 0.29) is 30.3 Å². The number of esters is 1. The highest BCUT2D eigenvalue weighted by atomic mass is 16.5. The normalized spacial score (nSPS) is 18.0. The molecule has 0 aromatic carbocycles. The molecule has 2 rings (SSSR count). The van der Waals surface area contributed by atoms with E-state index in [1.165, 1.54) is 7.11 Å². The minimum atomic E-state index is -0.508. The molecule has 2 unspecified atom stereocenters. The molecule has 1 fully saturated rings. The first kappa shape index (κ1) is 18.4. The van der Waals surface area contributed by atoms with Gasteiger partial charge >= 0.3 is 5.97 Å². The zero-order valence-electron chi connectivity index (χ0n) is 14.4. The van der Waals surface area contributed by atoms with Gasteiger partial charge in [0.2, 0.25) is 5.91 Å². The van der Waals surface area contributed by atoms with E-state index in [0.717, 1.165) is 18.4 Å². The Bertz CT molecular complexity index is 554. The SMILES string of the molecule is CNC(C(=O)NCC(C(=O)OC)C1CCOCC1)c1cnn(C)c1. The van der Waals surface area contributed by atoms with Crippen LogP contribution in [0.2, 0.25) is 0 Å². The number of hydrogen-bond acceptors (Lipinski definition) is 6. The van der Waals surface area contributed by atoms with Gasteiger partial charge in [-0.3, -0.25) is 14.3 Å². The molecule has 0 radical (unpaired) electrons. The molecule has 8 heteroatoms. The smallest absolute Gasteiger partial charge is 0.310 e. The number of aromatic nitrogens is 2. The van der Waals surface area contributed by atoms with E-state index >= 15 is 0 Å². The van der Waals surface area contributed by atoms with E-state index in [2.05, 4.69) is 15.7 Å². The number of carbonyl (C=O) groups is 2. The van der Waals surface area contributed by atoms with Gasteiger partial charge in [-0.25, -0.2) is 0 Å². The lowest BCUT2D eigenvalue weighted by Gasteiger charge is -2.29. The summed E-state index contributed by atoms with van der Waals surface area (Å²) in [4.78, 5) is 24.6. The van der Waals surface area contributed by atoms with Crippen LogP contribution in [0.15, 0.2) is 12.4 Å². The zero-order valence-corrected chi connectivity index (χ0v) is 14.4. The molecule has 1 aromatic rings. The van der Waals surface area contributed by atoms with Crippen molar-refractivity contribution < 1.29 is 19.1 Å². The van der Waals surface area contributed by atoms with E-state index < -0.39 is 6.04 Å². The van der Waals surface area contributed by atoms with Gasteiger partial charge in [0, 0.05) is 38.6 Å². The van der Waals surface area contributed by atoms with Crippen molar-refractivity contribution in [1.82, 2.24) is 20.4 Å². The molecule has 8 nitrogen and oxygen atoms in total. The zero-order chi connectivity index (χ0) is 17.5. The van der Waals surface area contributed by atoms with Crippen molar-refractivity contribution in [1.29, 1.82) is 0 Å². The summed E-state index contributed by atoms with van der Waals surface area (Å²) in [5.41, 5.74) is 0.776. The van der Waals surface area contributed by atoms with E-state index in [4.69, 9.17) is 9.47 Å². The molecule has 1 aliphatic heterocycles. The third-order valence-corrected chi connectivity index (χ3v) is 4.44. The third-order valence-electron chi connectivity index (χ3n) is 4.44. The minimum absolute atomic E-state index is 0.165. The van der Waals surface area contributed by atoms with Crippen LogP contribution in [-0.2, 0) is 26.1 Å². The Morgan fingerprint density at radius 1 is 1.46 bits per heavy atom. The van der Waals surface area contributed by atoms with E-state index in [9.17, 15) is 9.59 Å². The highest BCUT2D eigenvalue weighted by Crippen LogP contribution is 2.24. The van der Waals surface area contributed by atoms with Crippen LogP contribution in [0.5, 0.6) is 0 Å². The summed E-state index contributed by atoms with van der Waals surface area (Å²) in [5, 5.41) is 9.94. The van der Waals surface area contributed by atoms with Crippen LogP contribution < -0.4 is 10.6 Å². The number of ether oxygens (including phenoxy) is 2. The highest BCUT2D eigenvalue weighted by Gasteiger charge is 2.32. The summed E-state index contributed by atoms with van der Waals surface area (Å²) in [6, 6.07) is -0.508. The molecule has 0 bridgehead atoms. The third kappa shape index (κ3) is 4.55. The van der Waals surface area contributed by atoms with Gasteiger partial charge in [-0.2, -0.15) is 5.10 Å². The average molecular weight is 338 g/mol. The Morgan fingerprint density at radius 2 is 2.17 bits per heavy atom. The second-order valence-corrected chi connectivity index (χ2v) is 5.99. The van der Waals surface area contributed by atoms with Gasteiger partial charge < -0.3 is 20.1 Å². The fourth-order valence-corrected chi connectivity index (χ4v) is 3.06. The summed E-state index contributed by atoms with van der Waals surface area (Å²) in [6.45, 7) is 1.54. The van der Waals surface area contributed by atoms with Crippen molar-refractivity contribution in [2.45, 2.75) is 18.9 Å². The lowest BCUT2D eigenvalue weighted by molar-refractivity contribution is -0.148. The lowest BCUT2D eigenvalue weighted by Crippen LogP contribution is -2.43. The second kappa shape index (κ2) is 8.79. The highest BCUT2D eigenvalue weighted by molar-refractivity contribution is 5.83. The standard InChI is InChI=1S/C16H26N4O4/c1-17-14(12-8-19-20(2)10-12)15(21)18-9-13(16(22)23-3)11-4-6-24-7-5-11/h8,10-11,13-14,17H,4-7,9H2,1-3H3,(H,18,21). The van der Waals surface area contributed by atoms with Gasteiger partial charge in [-0.05, 0) is 25.8 Å². The van der Waals surface area contributed by atoms with E-state index in [1.807, 2.05) is 0 Å². The molecule has 1 saturated heterocycles. The molecule has 24 heavy (non-hydrogen) atoms. The van der Waals surface area contributed by atoms with Crippen LogP contribution in [-0.4, -0.2) is 55.6 Å². The predicted octanol–water partition coefficient (Wildman–Crippen LogP) is 0.0126. The molecule has 0 spiro atoms. The molecule has 1 aliphatic rings. The molecule has 2 atom stereocenters. The summed E-state index contributed by atoms with van der Waals surface area (Å²) in [6.07, 6.45) is 5.04. The number of nitrogens with one attached hydrogen (secondary N) is 2. The molecule has 2 heterocycles. The number of methoxy groups -OCH3 is 1. The minimum Gasteiger partial charge on any atom is -0.469 e. The number of aryl methyl sites for hydroxylation is 1. The quantitative estimate of drug-likeness (QED) is 0.680. The number of likely N-dealkylation sites (N-methyl/N-ethyl adjacent to an activating group) is 1. The summed E-state index contributed by atoms with van der Waals surface area (Å²) < 4.78 is 11.9. The average Bonchev–Trinajstić information content (AvgIpc) is 3.02. The number of hydrogen-bond donors (Lipinski definition) is 2. The Labute approximate surface area is 141 Å². The topological polar surface area (TPSA) is 94.5 Å². The van der Waals surface area contributed by atoms with Crippen LogP contribution in [0.1, 0.15) is 24.4 Å². The number of carbonyl (C=O) groups excluding carboxylic acids is 2. The lowest BCUT2D eigenvalue weighted by atomic mass is 9.86. The van der Waals surface area contributed by atoms with Crippen molar-refractivity contribution in [2.75, 3.05) is 33.9 Å². The van der Waals surface area contributed by atoms with Crippen LogP contribution in [0.4, 0.5) is 0 Å². The predicted molar refractivity (Wildman–Crippen MR) is 87.1 cm³/mol. The monoisotopic (exact) mass is 338 g/mol. The summed E-state index contributed by atoms with van der Waals surface area (Å²) in [5.74, 6) is -0.664. The summed E-state index contributed by atoms with van der Waals surface area (Å²) in [7, 11) is 4.89. The van der Waals surface area contributed by atoms with Crippen LogP contribution in [0.25, 0.3) is 0 Å². The van der Waals surface area contributed by atoms with Crippen molar-refractivity contribution in [3.8, 4) is 0 Å². The maximum atomic E-state index is 12.5. The fourth-order valence-electron chi connectivity index (χ4n) is 3.06.